The monoisotopic (exact) mass is 262 g/mol. The molecule has 0 radical (unpaired) electrons. The van der Waals surface area contributed by atoms with Gasteiger partial charge in [0.05, 0.1) is 0 Å². The summed E-state index contributed by atoms with van der Waals surface area (Å²) in [5, 5.41) is 12.9. The van der Waals surface area contributed by atoms with Crippen LogP contribution in [-0.4, -0.2) is 23.5 Å². The molecule has 0 spiro atoms. The number of nitrogens with one attached hydrogen (secondary N) is 1. The van der Waals surface area contributed by atoms with Crippen LogP contribution in [0.5, 0.6) is 0 Å². The topological polar surface area (TPSA) is 106 Å². The molecule has 0 fully saturated rings. The molecular weight excluding hydrogens is 248 g/mol. The number of hydrogen-bond donors (Lipinski definition) is 3. The zero-order valence-corrected chi connectivity index (χ0v) is 10.2. The summed E-state index contributed by atoms with van der Waals surface area (Å²) in [6.45, 7) is 0.708. The number of benzene rings is 1. The lowest BCUT2D eigenvalue weighted by atomic mass is 10.1. The number of fused-ring (bicyclic) bond motifs is 1. The predicted molar refractivity (Wildman–Crippen MR) is 68.7 cm³/mol. The largest absolute Gasteiger partial charge is 0.475 e. The Morgan fingerprint density at radius 1 is 1.32 bits per heavy atom. The third kappa shape index (κ3) is 2.92. The van der Waals surface area contributed by atoms with Gasteiger partial charge < -0.3 is 20.6 Å². The van der Waals surface area contributed by atoms with Crippen LogP contribution in [0, 0.1) is 0 Å². The first-order valence-corrected chi connectivity index (χ1v) is 5.82. The second kappa shape index (κ2) is 5.53. The summed E-state index contributed by atoms with van der Waals surface area (Å²) in [5.41, 5.74) is 6.14. The Balaban J connectivity index is 2.22. The number of rotatable bonds is 6. The van der Waals surface area contributed by atoms with Crippen LogP contribution in [0.4, 0.5) is 0 Å². The van der Waals surface area contributed by atoms with E-state index in [1.807, 2.05) is 6.07 Å². The minimum atomic E-state index is -1.11. The molecule has 1 aromatic heterocycles. The fraction of sp³-hybridized carbons (Fsp3) is 0.231. The van der Waals surface area contributed by atoms with E-state index >= 15 is 0 Å². The number of hydrogen-bond acceptors (Lipinski definition) is 4. The maximum atomic E-state index is 11.1. The van der Waals surface area contributed by atoms with Crippen molar-refractivity contribution in [2.75, 3.05) is 6.54 Å². The molecule has 0 saturated carbocycles. The van der Waals surface area contributed by atoms with E-state index in [2.05, 4.69) is 5.32 Å². The van der Waals surface area contributed by atoms with Gasteiger partial charge in [0.2, 0.25) is 11.7 Å². The molecule has 2 aromatic rings. The summed E-state index contributed by atoms with van der Waals surface area (Å²) >= 11 is 0. The number of carboxylic acid groups (broad SMARTS) is 1. The fourth-order valence-electron chi connectivity index (χ4n) is 1.87. The van der Waals surface area contributed by atoms with Crippen molar-refractivity contribution in [3.63, 3.8) is 0 Å². The predicted octanol–water partition coefficient (Wildman–Crippen LogP) is 1.10. The van der Waals surface area contributed by atoms with Crippen LogP contribution in [0.1, 0.15) is 22.5 Å². The Bertz CT molecular complexity index is 618. The molecule has 1 amide bonds. The number of carbonyl (C=O) groups is 2. The first-order chi connectivity index (χ1) is 9.09. The van der Waals surface area contributed by atoms with Crippen molar-refractivity contribution in [3.05, 3.63) is 35.6 Å². The molecule has 100 valence electrons. The highest BCUT2D eigenvalue weighted by molar-refractivity contribution is 5.95. The van der Waals surface area contributed by atoms with Gasteiger partial charge >= 0.3 is 5.97 Å². The Labute approximate surface area is 109 Å². The lowest BCUT2D eigenvalue weighted by Crippen LogP contribution is -2.22. The molecular formula is C13H14N2O4. The standard InChI is InChI=1S/C13H14N2O4/c14-11(16)5-6-15-7-9-8-3-1-2-4-10(8)19-12(9)13(17)18/h1-4,15H,5-7H2,(H2,14,16)(H,17,18). The Morgan fingerprint density at radius 2 is 2.05 bits per heavy atom. The Morgan fingerprint density at radius 3 is 2.74 bits per heavy atom. The van der Waals surface area contributed by atoms with Gasteiger partial charge in [-0.3, -0.25) is 4.79 Å². The molecule has 19 heavy (non-hydrogen) atoms. The second-order valence-corrected chi connectivity index (χ2v) is 4.10. The fourth-order valence-corrected chi connectivity index (χ4v) is 1.87. The van der Waals surface area contributed by atoms with Crippen molar-refractivity contribution in [2.45, 2.75) is 13.0 Å². The molecule has 4 N–H and O–H groups in total. The van der Waals surface area contributed by atoms with E-state index < -0.39 is 11.9 Å². The molecule has 1 heterocycles. The molecule has 0 aliphatic rings. The molecule has 0 aliphatic heterocycles. The van der Waals surface area contributed by atoms with Crippen LogP contribution in [0.15, 0.2) is 28.7 Å². The number of carboxylic acids is 1. The normalized spacial score (nSPS) is 10.7. The third-order valence-corrected chi connectivity index (χ3v) is 2.74. The Kier molecular flexibility index (Phi) is 3.82. The molecule has 0 saturated heterocycles. The van der Waals surface area contributed by atoms with Gasteiger partial charge in [0, 0.05) is 30.5 Å². The van der Waals surface area contributed by atoms with Gasteiger partial charge in [0.25, 0.3) is 0 Å². The zero-order valence-electron chi connectivity index (χ0n) is 10.2. The van der Waals surface area contributed by atoms with Crippen molar-refractivity contribution >= 4 is 22.8 Å². The Hall–Kier alpha value is -2.34. The molecule has 2 rings (SSSR count). The highest BCUT2D eigenvalue weighted by atomic mass is 16.4. The SMILES string of the molecule is NC(=O)CCNCc1c(C(=O)O)oc2ccccc12. The molecule has 0 aliphatic carbocycles. The highest BCUT2D eigenvalue weighted by Crippen LogP contribution is 2.25. The highest BCUT2D eigenvalue weighted by Gasteiger charge is 2.18. The zero-order chi connectivity index (χ0) is 13.8. The number of furan rings is 1. The first-order valence-electron chi connectivity index (χ1n) is 5.82. The first kappa shape index (κ1) is 13.1. The van der Waals surface area contributed by atoms with E-state index in [1.165, 1.54) is 0 Å². The number of aromatic carboxylic acids is 1. The number of carbonyl (C=O) groups excluding carboxylic acids is 1. The summed E-state index contributed by atoms with van der Waals surface area (Å²) in [5.74, 6) is -1.58. The van der Waals surface area contributed by atoms with Gasteiger partial charge in [-0.1, -0.05) is 18.2 Å². The molecule has 6 heteroatoms. The van der Waals surface area contributed by atoms with E-state index in [0.717, 1.165) is 5.39 Å². The summed E-state index contributed by atoms with van der Waals surface area (Å²) in [6.07, 6.45) is 0.207. The maximum Gasteiger partial charge on any atom is 0.372 e. The van der Waals surface area contributed by atoms with Crippen molar-refractivity contribution in [3.8, 4) is 0 Å². The smallest absolute Gasteiger partial charge is 0.372 e. The average molecular weight is 262 g/mol. The van der Waals surface area contributed by atoms with E-state index in [-0.39, 0.29) is 12.2 Å². The van der Waals surface area contributed by atoms with Crippen molar-refractivity contribution < 1.29 is 19.1 Å². The minimum absolute atomic E-state index is 0.0761. The lowest BCUT2D eigenvalue weighted by Gasteiger charge is -2.02. The molecule has 6 nitrogen and oxygen atoms in total. The summed E-state index contributed by atoms with van der Waals surface area (Å²) in [7, 11) is 0. The maximum absolute atomic E-state index is 11.1. The summed E-state index contributed by atoms with van der Waals surface area (Å²) < 4.78 is 5.31. The van der Waals surface area contributed by atoms with E-state index in [4.69, 9.17) is 15.3 Å². The molecule has 1 aromatic carbocycles. The average Bonchev–Trinajstić information content (AvgIpc) is 2.73. The number of nitrogens with two attached hydrogens (primary N) is 1. The van der Waals surface area contributed by atoms with Crippen molar-refractivity contribution in [2.24, 2.45) is 5.73 Å². The van der Waals surface area contributed by atoms with Gasteiger partial charge in [-0.25, -0.2) is 4.79 Å². The van der Waals surface area contributed by atoms with Gasteiger partial charge in [0.15, 0.2) is 0 Å². The number of primary amides is 1. The molecule has 0 bridgehead atoms. The second-order valence-electron chi connectivity index (χ2n) is 4.10. The molecule has 0 atom stereocenters. The van der Waals surface area contributed by atoms with E-state index in [1.54, 1.807) is 18.2 Å². The minimum Gasteiger partial charge on any atom is -0.475 e. The van der Waals surface area contributed by atoms with E-state index in [9.17, 15) is 9.59 Å². The molecule has 0 unspecified atom stereocenters. The lowest BCUT2D eigenvalue weighted by molar-refractivity contribution is -0.117. The van der Waals surface area contributed by atoms with Crippen LogP contribution >= 0.6 is 0 Å². The van der Waals surface area contributed by atoms with Gasteiger partial charge in [-0.15, -0.1) is 0 Å². The van der Waals surface area contributed by atoms with Crippen LogP contribution < -0.4 is 11.1 Å². The van der Waals surface area contributed by atoms with Crippen LogP contribution in [0.3, 0.4) is 0 Å². The quantitative estimate of drug-likeness (QED) is 0.676. The van der Waals surface area contributed by atoms with Crippen LogP contribution in [0.25, 0.3) is 11.0 Å². The number of amides is 1. The van der Waals surface area contributed by atoms with Gasteiger partial charge in [-0.2, -0.15) is 0 Å². The third-order valence-electron chi connectivity index (χ3n) is 2.74. The summed E-state index contributed by atoms with van der Waals surface area (Å²) in [6, 6.07) is 7.11. The van der Waals surface area contributed by atoms with Gasteiger partial charge in [0.1, 0.15) is 5.58 Å². The van der Waals surface area contributed by atoms with Crippen molar-refractivity contribution in [1.29, 1.82) is 0 Å². The number of para-hydroxylation sites is 1. The van der Waals surface area contributed by atoms with Gasteiger partial charge in [-0.05, 0) is 6.07 Å². The van der Waals surface area contributed by atoms with Crippen LogP contribution in [0.2, 0.25) is 0 Å². The van der Waals surface area contributed by atoms with Crippen LogP contribution in [-0.2, 0) is 11.3 Å². The van der Waals surface area contributed by atoms with E-state index in [0.29, 0.717) is 24.2 Å². The van der Waals surface area contributed by atoms with Crippen molar-refractivity contribution in [1.82, 2.24) is 5.32 Å². The summed E-state index contributed by atoms with van der Waals surface area (Å²) in [4.78, 5) is 21.8.